The van der Waals surface area contributed by atoms with E-state index < -0.39 is 14.8 Å². The molecule has 1 rings (SSSR count). The van der Waals surface area contributed by atoms with Crippen LogP contribution >= 0.6 is 0 Å². The van der Waals surface area contributed by atoms with Crippen molar-refractivity contribution in [2.75, 3.05) is 4.72 Å². The Bertz CT molecular complexity index is 435. The molecule has 86 valence electrons. The molecule has 1 heterocycles. The maximum absolute atomic E-state index is 11.9. The van der Waals surface area contributed by atoms with Gasteiger partial charge < -0.3 is 0 Å². The van der Waals surface area contributed by atoms with E-state index in [1.165, 1.54) is 0 Å². The van der Waals surface area contributed by atoms with Crippen LogP contribution in [0, 0.1) is 13.8 Å². The highest BCUT2D eigenvalue weighted by Crippen LogP contribution is 2.23. The molecule has 1 aromatic heterocycles. The first kappa shape index (κ1) is 12.0. The van der Waals surface area contributed by atoms with E-state index in [1.54, 1.807) is 34.6 Å². The molecule has 0 spiro atoms. The van der Waals surface area contributed by atoms with Gasteiger partial charge in [0.2, 0.25) is 10.0 Å². The Morgan fingerprint density at radius 2 is 1.80 bits per heavy atom. The van der Waals surface area contributed by atoms with Crippen LogP contribution < -0.4 is 4.72 Å². The smallest absolute Gasteiger partial charge is 0.237 e. The van der Waals surface area contributed by atoms with Gasteiger partial charge in [0, 0.05) is 0 Å². The normalized spacial score (nSPS) is 12.9. The van der Waals surface area contributed by atoms with Crippen molar-refractivity contribution in [1.29, 1.82) is 0 Å². The average molecular weight is 231 g/mol. The van der Waals surface area contributed by atoms with Crippen LogP contribution in [-0.4, -0.2) is 23.4 Å². The fourth-order valence-corrected chi connectivity index (χ4v) is 1.86. The third-order valence-corrected chi connectivity index (χ3v) is 4.26. The Labute approximate surface area is 90.3 Å². The summed E-state index contributed by atoms with van der Waals surface area (Å²) in [5.74, 6) is 0. The van der Waals surface area contributed by atoms with Gasteiger partial charge in [0.05, 0.1) is 21.8 Å². The number of aromatic nitrogens is 2. The molecule has 0 aliphatic heterocycles. The van der Waals surface area contributed by atoms with Gasteiger partial charge in [0.15, 0.2) is 0 Å². The van der Waals surface area contributed by atoms with Crippen LogP contribution in [0.3, 0.4) is 0 Å². The number of aromatic amines is 1. The second-order valence-electron chi connectivity index (χ2n) is 4.53. The first-order valence-electron chi connectivity index (χ1n) is 4.69. The van der Waals surface area contributed by atoms with Crippen LogP contribution in [0.4, 0.5) is 5.69 Å². The van der Waals surface area contributed by atoms with E-state index in [2.05, 4.69) is 14.9 Å². The molecule has 0 atom stereocenters. The number of hydrogen-bond donors (Lipinski definition) is 2. The number of hydrogen-bond acceptors (Lipinski definition) is 3. The lowest BCUT2D eigenvalue weighted by Gasteiger charge is -2.20. The first-order chi connectivity index (χ1) is 6.65. The maximum atomic E-state index is 11.9. The van der Waals surface area contributed by atoms with Crippen molar-refractivity contribution in [3.05, 3.63) is 11.4 Å². The third-order valence-electron chi connectivity index (χ3n) is 2.17. The average Bonchev–Trinajstić information content (AvgIpc) is 2.33. The lowest BCUT2D eigenvalue weighted by atomic mass is 10.3. The van der Waals surface area contributed by atoms with Crippen molar-refractivity contribution in [2.45, 2.75) is 39.4 Å². The van der Waals surface area contributed by atoms with Crippen molar-refractivity contribution in [3.8, 4) is 0 Å². The van der Waals surface area contributed by atoms with Crippen molar-refractivity contribution in [2.24, 2.45) is 0 Å². The third kappa shape index (κ3) is 2.31. The summed E-state index contributed by atoms with van der Waals surface area (Å²) in [7, 11) is -3.38. The number of anilines is 1. The summed E-state index contributed by atoms with van der Waals surface area (Å²) in [5, 5.41) is 6.66. The van der Waals surface area contributed by atoms with E-state index in [9.17, 15) is 8.42 Å². The highest BCUT2D eigenvalue weighted by Gasteiger charge is 2.30. The summed E-state index contributed by atoms with van der Waals surface area (Å²) in [4.78, 5) is 0. The standard InChI is InChI=1S/C9H17N3O2S/c1-6-8(7(2)11-10-6)12-15(13,14)9(3,4)5/h12H,1-5H3,(H,10,11). The Morgan fingerprint density at radius 1 is 1.27 bits per heavy atom. The molecule has 0 saturated carbocycles. The number of sulfonamides is 1. The predicted molar refractivity (Wildman–Crippen MR) is 60.4 cm³/mol. The monoisotopic (exact) mass is 231 g/mol. The van der Waals surface area contributed by atoms with Crippen molar-refractivity contribution in [1.82, 2.24) is 10.2 Å². The van der Waals surface area contributed by atoms with E-state index in [-0.39, 0.29) is 0 Å². The lowest BCUT2D eigenvalue weighted by Crippen LogP contribution is -2.34. The van der Waals surface area contributed by atoms with E-state index in [1.807, 2.05) is 0 Å². The van der Waals surface area contributed by atoms with Crippen LogP contribution in [0.15, 0.2) is 0 Å². The van der Waals surface area contributed by atoms with Crippen LogP contribution in [0.2, 0.25) is 0 Å². The van der Waals surface area contributed by atoms with Crippen molar-refractivity contribution >= 4 is 15.7 Å². The molecule has 0 aliphatic rings. The molecule has 0 fully saturated rings. The Hall–Kier alpha value is -1.04. The maximum Gasteiger partial charge on any atom is 0.237 e. The molecule has 0 bridgehead atoms. The highest BCUT2D eigenvalue weighted by atomic mass is 32.2. The quantitative estimate of drug-likeness (QED) is 0.811. The summed E-state index contributed by atoms with van der Waals surface area (Å²) in [6.07, 6.45) is 0. The highest BCUT2D eigenvalue weighted by molar-refractivity contribution is 7.94. The molecule has 0 unspecified atom stereocenters. The van der Waals surface area contributed by atoms with Crippen LogP contribution in [0.25, 0.3) is 0 Å². The van der Waals surface area contributed by atoms with E-state index in [0.29, 0.717) is 11.4 Å². The van der Waals surface area contributed by atoms with Crippen LogP contribution in [0.5, 0.6) is 0 Å². The summed E-state index contributed by atoms with van der Waals surface area (Å²) in [5.41, 5.74) is 1.92. The summed E-state index contributed by atoms with van der Waals surface area (Å²) in [6, 6.07) is 0. The zero-order valence-electron chi connectivity index (χ0n) is 9.67. The fourth-order valence-electron chi connectivity index (χ4n) is 0.989. The number of nitrogens with one attached hydrogen (secondary N) is 2. The molecule has 0 aromatic carbocycles. The van der Waals surface area contributed by atoms with E-state index in [4.69, 9.17) is 0 Å². The zero-order valence-corrected chi connectivity index (χ0v) is 10.5. The molecule has 15 heavy (non-hydrogen) atoms. The van der Waals surface area contributed by atoms with E-state index >= 15 is 0 Å². The summed E-state index contributed by atoms with van der Waals surface area (Å²) in [6.45, 7) is 8.49. The van der Waals surface area contributed by atoms with Gasteiger partial charge in [-0.05, 0) is 34.6 Å². The van der Waals surface area contributed by atoms with Crippen LogP contribution in [0.1, 0.15) is 32.2 Å². The SMILES string of the molecule is Cc1n[nH]c(C)c1NS(=O)(=O)C(C)(C)C. The zero-order chi connectivity index (χ0) is 11.9. The molecule has 0 radical (unpaired) electrons. The Kier molecular flexibility index (Phi) is 2.82. The van der Waals surface area contributed by atoms with Gasteiger partial charge in [0.25, 0.3) is 0 Å². The minimum atomic E-state index is -3.38. The van der Waals surface area contributed by atoms with Gasteiger partial charge in [-0.15, -0.1) is 0 Å². The molecule has 0 aliphatic carbocycles. The molecule has 1 aromatic rings. The van der Waals surface area contributed by atoms with Crippen molar-refractivity contribution in [3.63, 3.8) is 0 Å². The number of rotatable bonds is 2. The van der Waals surface area contributed by atoms with E-state index in [0.717, 1.165) is 5.69 Å². The second-order valence-corrected chi connectivity index (χ2v) is 6.96. The summed E-state index contributed by atoms with van der Waals surface area (Å²) >= 11 is 0. The number of aryl methyl sites for hydroxylation is 2. The topological polar surface area (TPSA) is 74.8 Å². The number of nitrogens with zero attached hydrogens (tertiary/aromatic N) is 1. The van der Waals surface area contributed by atoms with Gasteiger partial charge in [-0.3, -0.25) is 9.82 Å². The van der Waals surface area contributed by atoms with Gasteiger partial charge in [-0.25, -0.2) is 8.42 Å². The molecular weight excluding hydrogens is 214 g/mol. The molecule has 2 N–H and O–H groups in total. The predicted octanol–water partition coefficient (Wildman–Crippen LogP) is 1.57. The fraction of sp³-hybridized carbons (Fsp3) is 0.667. The minimum Gasteiger partial charge on any atom is -0.280 e. The largest absolute Gasteiger partial charge is 0.280 e. The molecular formula is C9H17N3O2S. The van der Waals surface area contributed by atoms with Crippen LogP contribution in [-0.2, 0) is 10.0 Å². The molecule has 6 heteroatoms. The van der Waals surface area contributed by atoms with Gasteiger partial charge in [-0.1, -0.05) is 0 Å². The summed E-state index contributed by atoms with van der Waals surface area (Å²) < 4.78 is 25.5. The first-order valence-corrected chi connectivity index (χ1v) is 6.17. The van der Waals surface area contributed by atoms with Gasteiger partial charge >= 0.3 is 0 Å². The lowest BCUT2D eigenvalue weighted by molar-refractivity contribution is 0.566. The number of H-pyrrole nitrogens is 1. The Balaban J connectivity index is 3.08. The van der Waals surface area contributed by atoms with Crippen molar-refractivity contribution < 1.29 is 8.42 Å². The van der Waals surface area contributed by atoms with Gasteiger partial charge in [0.1, 0.15) is 0 Å². The Morgan fingerprint density at radius 3 is 2.13 bits per heavy atom. The molecule has 5 nitrogen and oxygen atoms in total. The minimum absolute atomic E-state index is 0.546. The van der Waals surface area contributed by atoms with Gasteiger partial charge in [-0.2, -0.15) is 5.10 Å². The molecule has 0 amide bonds. The second kappa shape index (κ2) is 3.52. The molecule has 0 saturated heterocycles.